The van der Waals surface area contributed by atoms with E-state index < -0.39 is 0 Å². The van der Waals surface area contributed by atoms with E-state index in [4.69, 9.17) is 0 Å². The Morgan fingerprint density at radius 3 is 2.40 bits per heavy atom. The molecule has 2 aromatic rings. The third kappa shape index (κ3) is 3.67. The van der Waals surface area contributed by atoms with Gasteiger partial charge in [-0.25, -0.2) is 4.39 Å². The molecule has 1 amide bonds. The van der Waals surface area contributed by atoms with Crippen LogP contribution in [0.25, 0.3) is 0 Å². The lowest BCUT2D eigenvalue weighted by Crippen LogP contribution is -2.22. The SMILES string of the molecule is Cc1cc(C(=O)NCc2ccc(CBr)cc2)ccc1F. The molecule has 2 aromatic carbocycles. The molecular formula is C16H15BrFNO. The normalized spacial score (nSPS) is 10.3. The van der Waals surface area contributed by atoms with Crippen molar-refractivity contribution in [2.24, 2.45) is 0 Å². The van der Waals surface area contributed by atoms with Gasteiger partial charge in [0.2, 0.25) is 0 Å². The van der Waals surface area contributed by atoms with Crippen molar-refractivity contribution in [1.82, 2.24) is 5.32 Å². The number of halogens is 2. The number of alkyl halides is 1. The van der Waals surface area contributed by atoms with Crippen LogP contribution in [0.3, 0.4) is 0 Å². The summed E-state index contributed by atoms with van der Waals surface area (Å²) in [7, 11) is 0. The Hall–Kier alpha value is -1.68. The van der Waals surface area contributed by atoms with E-state index in [0.717, 1.165) is 10.9 Å². The molecule has 0 radical (unpaired) electrons. The van der Waals surface area contributed by atoms with Gasteiger partial charge in [0.25, 0.3) is 5.91 Å². The maximum atomic E-state index is 13.1. The highest BCUT2D eigenvalue weighted by atomic mass is 79.9. The zero-order valence-corrected chi connectivity index (χ0v) is 12.7. The number of hydrogen-bond donors (Lipinski definition) is 1. The van der Waals surface area contributed by atoms with Crippen molar-refractivity contribution in [2.75, 3.05) is 0 Å². The molecule has 1 N–H and O–H groups in total. The summed E-state index contributed by atoms with van der Waals surface area (Å²) in [6.07, 6.45) is 0. The van der Waals surface area contributed by atoms with E-state index in [2.05, 4.69) is 21.2 Å². The fourth-order valence-electron chi connectivity index (χ4n) is 1.82. The van der Waals surface area contributed by atoms with E-state index in [1.54, 1.807) is 13.0 Å². The minimum Gasteiger partial charge on any atom is -0.348 e. The number of nitrogens with one attached hydrogen (secondary N) is 1. The van der Waals surface area contributed by atoms with Crippen LogP contribution in [0.4, 0.5) is 4.39 Å². The number of carbonyl (C=O) groups is 1. The van der Waals surface area contributed by atoms with Gasteiger partial charge >= 0.3 is 0 Å². The van der Waals surface area contributed by atoms with Crippen molar-refractivity contribution in [3.63, 3.8) is 0 Å². The van der Waals surface area contributed by atoms with E-state index >= 15 is 0 Å². The Bertz CT molecular complexity index is 610. The largest absolute Gasteiger partial charge is 0.348 e. The first-order chi connectivity index (χ1) is 9.60. The quantitative estimate of drug-likeness (QED) is 0.842. The molecule has 0 aliphatic carbocycles. The lowest BCUT2D eigenvalue weighted by molar-refractivity contribution is 0.0951. The standard InChI is InChI=1S/C16H15BrFNO/c1-11-8-14(6-7-15(11)18)16(20)19-10-13-4-2-12(9-17)3-5-13/h2-8H,9-10H2,1H3,(H,19,20). The van der Waals surface area contributed by atoms with Crippen molar-refractivity contribution >= 4 is 21.8 Å². The second-order valence-corrected chi connectivity index (χ2v) is 5.16. The summed E-state index contributed by atoms with van der Waals surface area (Å²) in [5.41, 5.74) is 3.16. The second kappa shape index (κ2) is 6.66. The first kappa shape index (κ1) is 14.7. The molecule has 20 heavy (non-hydrogen) atoms. The van der Waals surface area contributed by atoms with E-state index in [1.165, 1.54) is 17.7 Å². The molecule has 0 spiro atoms. The molecule has 2 nitrogen and oxygen atoms in total. The topological polar surface area (TPSA) is 29.1 Å². The van der Waals surface area contributed by atoms with Crippen LogP contribution in [0, 0.1) is 12.7 Å². The highest BCUT2D eigenvalue weighted by Crippen LogP contribution is 2.10. The first-order valence-electron chi connectivity index (χ1n) is 6.28. The first-order valence-corrected chi connectivity index (χ1v) is 7.40. The monoisotopic (exact) mass is 335 g/mol. The minimum absolute atomic E-state index is 0.197. The van der Waals surface area contributed by atoms with Gasteiger partial charge in [0.15, 0.2) is 0 Å². The molecule has 2 rings (SSSR count). The zero-order valence-electron chi connectivity index (χ0n) is 11.1. The predicted octanol–water partition coefficient (Wildman–Crippen LogP) is 3.96. The Morgan fingerprint density at radius 2 is 1.80 bits per heavy atom. The van der Waals surface area contributed by atoms with Gasteiger partial charge in [-0.2, -0.15) is 0 Å². The van der Waals surface area contributed by atoms with Gasteiger partial charge in [-0.1, -0.05) is 40.2 Å². The van der Waals surface area contributed by atoms with Crippen LogP contribution in [0.15, 0.2) is 42.5 Å². The van der Waals surface area contributed by atoms with E-state index in [0.29, 0.717) is 17.7 Å². The van der Waals surface area contributed by atoms with Crippen molar-refractivity contribution in [2.45, 2.75) is 18.8 Å². The average Bonchev–Trinajstić information content (AvgIpc) is 2.48. The molecule has 0 aliphatic heterocycles. The number of rotatable bonds is 4. The van der Waals surface area contributed by atoms with Crippen molar-refractivity contribution < 1.29 is 9.18 Å². The minimum atomic E-state index is -0.299. The van der Waals surface area contributed by atoms with Gasteiger partial charge in [-0.05, 0) is 41.8 Å². The Morgan fingerprint density at radius 1 is 1.15 bits per heavy atom. The van der Waals surface area contributed by atoms with Gasteiger partial charge in [-0.15, -0.1) is 0 Å². The molecule has 0 saturated carbocycles. The third-order valence-electron chi connectivity index (χ3n) is 3.05. The molecule has 0 fully saturated rings. The second-order valence-electron chi connectivity index (χ2n) is 4.60. The van der Waals surface area contributed by atoms with Gasteiger partial charge in [-0.3, -0.25) is 4.79 Å². The molecular weight excluding hydrogens is 321 g/mol. The smallest absolute Gasteiger partial charge is 0.251 e. The van der Waals surface area contributed by atoms with E-state index in [1.807, 2.05) is 24.3 Å². The summed E-state index contributed by atoms with van der Waals surface area (Å²) >= 11 is 3.39. The molecule has 0 saturated heterocycles. The molecule has 104 valence electrons. The average molecular weight is 336 g/mol. The number of carbonyl (C=O) groups excluding carboxylic acids is 1. The summed E-state index contributed by atoms with van der Waals surface area (Å²) in [5, 5.41) is 3.64. The molecule has 0 atom stereocenters. The number of benzene rings is 2. The lowest BCUT2D eigenvalue weighted by atomic mass is 10.1. The summed E-state index contributed by atoms with van der Waals surface area (Å²) in [6, 6.07) is 12.3. The fraction of sp³-hybridized carbons (Fsp3) is 0.188. The van der Waals surface area contributed by atoms with Crippen molar-refractivity contribution in [3.05, 3.63) is 70.5 Å². The Kier molecular flexibility index (Phi) is 4.90. The van der Waals surface area contributed by atoms with Crippen LogP contribution < -0.4 is 5.32 Å². The summed E-state index contributed by atoms with van der Waals surface area (Å²) in [6.45, 7) is 2.10. The maximum Gasteiger partial charge on any atom is 0.251 e. The summed E-state index contributed by atoms with van der Waals surface area (Å²) in [4.78, 5) is 12.0. The van der Waals surface area contributed by atoms with Crippen LogP contribution in [0.5, 0.6) is 0 Å². The molecule has 0 heterocycles. The molecule has 0 aliphatic rings. The number of aryl methyl sites for hydroxylation is 1. The Labute approximate surface area is 126 Å². The van der Waals surface area contributed by atoms with Crippen LogP contribution in [0.2, 0.25) is 0 Å². The maximum absolute atomic E-state index is 13.1. The van der Waals surface area contributed by atoms with Crippen molar-refractivity contribution in [1.29, 1.82) is 0 Å². The zero-order chi connectivity index (χ0) is 14.5. The molecule has 0 aromatic heterocycles. The van der Waals surface area contributed by atoms with Crippen LogP contribution >= 0.6 is 15.9 Å². The highest BCUT2D eigenvalue weighted by Gasteiger charge is 2.07. The fourth-order valence-corrected chi connectivity index (χ4v) is 2.19. The summed E-state index contributed by atoms with van der Waals surface area (Å²) in [5.74, 6) is -0.496. The van der Waals surface area contributed by atoms with Crippen LogP contribution in [-0.4, -0.2) is 5.91 Å². The highest BCUT2D eigenvalue weighted by molar-refractivity contribution is 9.08. The van der Waals surface area contributed by atoms with Crippen LogP contribution in [-0.2, 0) is 11.9 Å². The molecule has 4 heteroatoms. The predicted molar refractivity (Wildman–Crippen MR) is 81.4 cm³/mol. The molecule has 0 unspecified atom stereocenters. The van der Waals surface area contributed by atoms with Gasteiger partial charge in [0.1, 0.15) is 5.82 Å². The van der Waals surface area contributed by atoms with Gasteiger partial charge in [0, 0.05) is 17.4 Å². The van der Waals surface area contributed by atoms with E-state index in [-0.39, 0.29) is 11.7 Å². The molecule has 0 bridgehead atoms. The summed E-state index contributed by atoms with van der Waals surface area (Å²) < 4.78 is 13.1. The van der Waals surface area contributed by atoms with Crippen LogP contribution in [0.1, 0.15) is 27.0 Å². The van der Waals surface area contributed by atoms with E-state index in [9.17, 15) is 9.18 Å². The van der Waals surface area contributed by atoms with Gasteiger partial charge in [0.05, 0.1) is 0 Å². The number of amides is 1. The Balaban J connectivity index is 1.98. The lowest BCUT2D eigenvalue weighted by Gasteiger charge is -2.07. The van der Waals surface area contributed by atoms with Gasteiger partial charge < -0.3 is 5.32 Å². The van der Waals surface area contributed by atoms with Crippen molar-refractivity contribution in [3.8, 4) is 0 Å². The third-order valence-corrected chi connectivity index (χ3v) is 3.70. The number of hydrogen-bond acceptors (Lipinski definition) is 1.